The van der Waals surface area contributed by atoms with Gasteiger partial charge in [0.25, 0.3) is 0 Å². The van der Waals surface area contributed by atoms with Crippen molar-refractivity contribution in [1.82, 2.24) is 9.55 Å². The second-order valence-corrected chi connectivity index (χ2v) is 4.39. The highest BCUT2D eigenvalue weighted by atomic mass is 16.5. The van der Waals surface area contributed by atoms with Gasteiger partial charge in [-0.15, -0.1) is 0 Å². The highest BCUT2D eigenvalue weighted by Gasteiger charge is 2.14. The molecule has 0 aliphatic heterocycles. The summed E-state index contributed by atoms with van der Waals surface area (Å²) in [5.41, 5.74) is 7.18. The third kappa shape index (κ3) is 4.46. The lowest BCUT2D eigenvalue weighted by molar-refractivity contribution is 0.0662. The van der Waals surface area contributed by atoms with Crippen molar-refractivity contribution in [3.05, 3.63) is 18.2 Å². The lowest BCUT2D eigenvalue weighted by atomic mass is 10.0. The molecule has 1 heterocycles. The lowest BCUT2D eigenvalue weighted by Crippen LogP contribution is -2.21. The average Bonchev–Trinajstić information content (AvgIpc) is 2.76. The molecule has 2 N–H and O–H groups in total. The Hall–Kier alpha value is -0.910. The van der Waals surface area contributed by atoms with Crippen LogP contribution in [0.15, 0.2) is 12.5 Å². The first-order valence-electron chi connectivity index (χ1n) is 5.99. The Kier molecular flexibility index (Phi) is 6.18. The second-order valence-electron chi connectivity index (χ2n) is 4.39. The molecule has 0 radical (unpaired) electrons. The van der Waals surface area contributed by atoms with E-state index in [4.69, 9.17) is 15.2 Å². The Bertz CT molecular complexity index is 312. The molecule has 1 rings (SSSR count). The van der Waals surface area contributed by atoms with Crippen molar-refractivity contribution >= 4 is 0 Å². The van der Waals surface area contributed by atoms with Gasteiger partial charge >= 0.3 is 0 Å². The van der Waals surface area contributed by atoms with Crippen molar-refractivity contribution in [2.45, 2.75) is 26.4 Å². The maximum absolute atomic E-state index is 6.11. The summed E-state index contributed by atoms with van der Waals surface area (Å²) in [7, 11) is 1.67. The fourth-order valence-electron chi connectivity index (χ4n) is 1.54. The fourth-order valence-corrected chi connectivity index (χ4v) is 1.54. The minimum Gasteiger partial charge on any atom is -0.382 e. The van der Waals surface area contributed by atoms with E-state index in [9.17, 15) is 0 Å². The molecule has 0 spiro atoms. The summed E-state index contributed by atoms with van der Waals surface area (Å²) >= 11 is 0. The topological polar surface area (TPSA) is 62.3 Å². The number of hydrogen-bond donors (Lipinski definition) is 1. The zero-order valence-corrected chi connectivity index (χ0v) is 10.9. The van der Waals surface area contributed by atoms with Crippen LogP contribution in [0.5, 0.6) is 0 Å². The molecule has 1 unspecified atom stereocenters. The van der Waals surface area contributed by atoms with Crippen LogP contribution in [0.3, 0.4) is 0 Å². The monoisotopic (exact) mass is 241 g/mol. The van der Waals surface area contributed by atoms with E-state index in [0.29, 0.717) is 25.7 Å². The summed E-state index contributed by atoms with van der Waals surface area (Å²) in [5, 5.41) is 0. The van der Waals surface area contributed by atoms with Crippen LogP contribution >= 0.6 is 0 Å². The number of nitrogens with two attached hydrogens (primary N) is 1. The van der Waals surface area contributed by atoms with Crippen molar-refractivity contribution in [2.75, 3.05) is 26.9 Å². The van der Waals surface area contributed by atoms with Crippen LogP contribution in [0.4, 0.5) is 0 Å². The molecule has 1 aromatic heterocycles. The van der Waals surface area contributed by atoms with Crippen molar-refractivity contribution in [3.8, 4) is 0 Å². The van der Waals surface area contributed by atoms with Gasteiger partial charge in [0.15, 0.2) is 0 Å². The van der Waals surface area contributed by atoms with Gasteiger partial charge in [0.1, 0.15) is 0 Å². The summed E-state index contributed by atoms with van der Waals surface area (Å²) < 4.78 is 12.4. The van der Waals surface area contributed by atoms with Gasteiger partial charge in [-0.25, -0.2) is 4.98 Å². The van der Waals surface area contributed by atoms with Gasteiger partial charge in [0.2, 0.25) is 0 Å². The predicted octanol–water partition coefficient (Wildman–Crippen LogP) is 1.20. The van der Waals surface area contributed by atoms with E-state index in [1.807, 2.05) is 6.20 Å². The minimum absolute atomic E-state index is 0.0245. The first kappa shape index (κ1) is 14.2. The number of nitrogens with zero attached hydrogens (tertiary/aromatic N) is 2. The molecule has 0 saturated heterocycles. The standard InChI is InChI=1S/C12H23N3O2/c1-10(2)12(13)11-8-14-9-15(11)4-5-17-7-6-16-3/h8-10,12H,4-7,13H2,1-3H3. The number of aromatic nitrogens is 2. The Labute approximate surface area is 103 Å². The van der Waals surface area contributed by atoms with Crippen LogP contribution in [0, 0.1) is 5.92 Å². The zero-order valence-electron chi connectivity index (χ0n) is 10.9. The number of hydrogen-bond acceptors (Lipinski definition) is 4. The fraction of sp³-hybridized carbons (Fsp3) is 0.750. The number of imidazole rings is 1. The molecule has 0 amide bonds. The Morgan fingerprint density at radius 2 is 2.12 bits per heavy atom. The van der Waals surface area contributed by atoms with E-state index in [1.54, 1.807) is 13.4 Å². The molecule has 5 nitrogen and oxygen atoms in total. The summed E-state index contributed by atoms with van der Waals surface area (Å²) in [6.07, 6.45) is 3.64. The second kappa shape index (κ2) is 7.42. The summed E-state index contributed by atoms with van der Waals surface area (Å²) in [4.78, 5) is 4.14. The van der Waals surface area contributed by atoms with Crippen molar-refractivity contribution in [2.24, 2.45) is 11.7 Å². The quantitative estimate of drug-likeness (QED) is 0.695. The van der Waals surface area contributed by atoms with Gasteiger partial charge in [-0.05, 0) is 5.92 Å². The van der Waals surface area contributed by atoms with E-state index in [1.165, 1.54) is 0 Å². The molecule has 0 aliphatic carbocycles. The van der Waals surface area contributed by atoms with Crippen molar-refractivity contribution in [1.29, 1.82) is 0 Å². The van der Waals surface area contributed by atoms with Gasteiger partial charge in [-0.2, -0.15) is 0 Å². The summed E-state index contributed by atoms with van der Waals surface area (Å²) in [5.74, 6) is 0.403. The Morgan fingerprint density at radius 3 is 2.76 bits per heavy atom. The highest BCUT2D eigenvalue weighted by molar-refractivity contribution is 5.05. The molecule has 98 valence electrons. The Balaban J connectivity index is 2.41. The smallest absolute Gasteiger partial charge is 0.0949 e. The maximum Gasteiger partial charge on any atom is 0.0949 e. The largest absolute Gasteiger partial charge is 0.382 e. The van der Waals surface area contributed by atoms with E-state index in [2.05, 4.69) is 23.4 Å². The van der Waals surface area contributed by atoms with Gasteiger partial charge in [0, 0.05) is 25.9 Å². The molecule has 0 bridgehead atoms. The van der Waals surface area contributed by atoms with Crippen LogP contribution in [-0.2, 0) is 16.0 Å². The molecule has 0 saturated carbocycles. The highest BCUT2D eigenvalue weighted by Crippen LogP contribution is 2.18. The van der Waals surface area contributed by atoms with E-state index in [-0.39, 0.29) is 6.04 Å². The number of methoxy groups -OCH3 is 1. The normalized spacial score (nSPS) is 13.2. The number of ether oxygens (including phenoxy) is 2. The molecule has 1 aromatic rings. The van der Waals surface area contributed by atoms with Crippen LogP contribution < -0.4 is 5.73 Å². The third-order valence-corrected chi connectivity index (χ3v) is 2.71. The Morgan fingerprint density at radius 1 is 1.35 bits per heavy atom. The molecule has 1 atom stereocenters. The first-order valence-corrected chi connectivity index (χ1v) is 5.99. The van der Waals surface area contributed by atoms with Gasteiger partial charge in [0.05, 0.1) is 31.8 Å². The molecule has 0 fully saturated rings. The van der Waals surface area contributed by atoms with Crippen LogP contribution in [0.1, 0.15) is 25.6 Å². The number of rotatable bonds is 8. The van der Waals surface area contributed by atoms with Gasteiger partial charge < -0.3 is 19.8 Å². The van der Waals surface area contributed by atoms with Gasteiger partial charge in [-0.1, -0.05) is 13.8 Å². The van der Waals surface area contributed by atoms with Crippen LogP contribution in [0.2, 0.25) is 0 Å². The van der Waals surface area contributed by atoms with Crippen LogP contribution in [-0.4, -0.2) is 36.5 Å². The maximum atomic E-state index is 6.11. The molecule has 5 heteroatoms. The summed E-state index contributed by atoms with van der Waals surface area (Å²) in [6.45, 7) is 6.89. The van der Waals surface area contributed by atoms with Crippen LogP contribution in [0.25, 0.3) is 0 Å². The third-order valence-electron chi connectivity index (χ3n) is 2.71. The molecule has 17 heavy (non-hydrogen) atoms. The molecular weight excluding hydrogens is 218 g/mol. The van der Waals surface area contributed by atoms with Crippen molar-refractivity contribution < 1.29 is 9.47 Å². The predicted molar refractivity (Wildman–Crippen MR) is 66.7 cm³/mol. The minimum atomic E-state index is 0.0245. The average molecular weight is 241 g/mol. The lowest BCUT2D eigenvalue weighted by Gasteiger charge is -2.17. The SMILES string of the molecule is COCCOCCn1cncc1C(N)C(C)C. The van der Waals surface area contributed by atoms with E-state index < -0.39 is 0 Å². The van der Waals surface area contributed by atoms with Gasteiger partial charge in [-0.3, -0.25) is 0 Å². The molecular formula is C12H23N3O2. The first-order chi connectivity index (χ1) is 8.16. The van der Waals surface area contributed by atoms with E-state index >= 15 is 0 Å². The van der Waals surface area contributed by atoms with E-state index in [0.717, 1.165) is 12.2 Å². The van der Waals surface area contributed by atoms with Crippen molar-refractivity contribution in [3.63, 3.8) is 0 Å². The summed E-state index contributed by atoms with van der Waals surface area (Å²) in [6, 6.07) is 0.0245. The zero-order chi connectivity index (χ0) is 12.7. The molecule has 0 aromatic carbocycles. The molecule has 0 aliphatic rings.